The lowest BCUT2D eigenvalue weighted by atomic mass is 10.0. The average molecular weight is 255 g/mol. The molecule has 1 heterocycles. The topological polar surface area (TPSA) is 38.9 Å². The second-order valence-electron chi connectivity index (χ2n) is 4.15. The molecule has 0 fully saturated rings. The van der Waals surface area contributed by atoms with E-state index in [-0.39, 0.29) is 0 Å². The summed E-state index contributed by atoms with van der Waals surface area (Å²) in [5.41, 5.74) is 9.56. The molecule has 2 N–H and O–H groups in total. The summed E-state index contributed by atoms with van der Waals surface area (Å²) in [5.74, 6) is 0. The minimum atomic E-state index is 0.673. The van der Waals surface area contributed by atoms with E-state index in [1.54, 1.807) is 6.07 Å². The van der Waals surface area contributed by atoms with Crippen LogP contribution in [0.1, 0.15) is 0 Å². The Morgan fingerprint density at radius 3 is 2.72 bits per heavy atom. The van der Waals surface area contributed by atoms with Crippen molar-refractivity contribution in [1.29, 1.82) is 0 Å². The molecule has 2 nitrogen and oxygen atoms in total. The molecular formula is C15H11ClN2. The van der Waals surface area contributed by atoms with Crippen LogP contribution in [0.15, 0.2) is 54.7 Å². The van der Waals surface area contributed by atoms with Crippen molar-refractivity contribution in [2.45, 2.75) is 0 Å². The van der Waals surface area contributed by atoms with Crippen LogP contribution in [0, 0.1) is 0 Å². The molecule has 3 aromatic rings. The first-order valence-electron chi connectivity index (χ1n) is 5.64. The standard InChI is InChI=1S/C15H11ClN2/c16-12-5-6-14(17)13(8-12)11-7-10-3-1-2-4-15(10)18-9-11/h1-9H,17H2. The van der Waals surface area contributed by atoms with Crippen LogP contribution >= 0.6 is 11.6 Å². The molecule has 0 atom stereocenters. The number of fused-ring (bicyclic) bond motifs is 1. The van der Waals surface area contributed by atoms with Crippen LogP contribution in [0.4, 0.5) is 5.69 Å². The third kappa shape index (κ3) is 1.91. The van der Waals surface area contributed by atoms with Gasteiger partial charge in [0.25, 0.3) is 0 Å². The highest BCUT2D eigenvalue weighted by atomic mass is 35.5. The van der Waals surface area contributed by atoms with Gasteiger partial charge in [-0.25, -0.2) is 0 Å². The Morgan fingerprint density at radius 1 is 1.00 bits per heavy atom. The SMILES string of the molecule is Nc1ccc(Cl)cc1-c1cnc2ccccc2c1. The van der Waals surface area contributed by atoms with Gasteiger partial charge in [0.2, 0.25) is 0 Å². The first kappa shape index (κ1) is 11.1. The molecule has 18 heavy (non-hydrogen) atoms. The van der Waals surface area contributed by atoms with E-state index in [1.807, 2.05) is 42.6 Å². The lowest BCUT2D eigenvalue weighted by Crippen LogP contribution is -1.90. The number of nitrogens with zero attached hydrogens (tertiary/aromatic N) is 1. The number of para-hydroxylation sites is 1. The molecule has 3 heteroatoms. The molecule has 0 bridgehead atoms. The van der Waals surface area contributed by atoms with Crippen LogP contribution < -0.4 is 5.73 Å². The molecule has 0 aliphatic carbocycles. The average Bonchev–Trinajstić information content (AvgIpc) is 2.41. The highest BCUT2D eigenvalue weighted by molar-refractivity contribution is 6.31. The number of nitrogen functional groups attached to an aromatic ring is 1. The minimum Gasteiger partial charge on any atom is -0.398 e. The predicted octanol–water partition coefficient (Wildman–Crippen LogP) is 4.14. The second-order valence-corrected chi connectivity index (χ2v) is 4.58. The summed E-state index contributed by atoms with van der Waals surface area (Å²) >= 11 is 6.01. The van der Waals surface area contributed by atoms with Gasteiger partial charge in [0, 0.05) is 33.4 Å². The maximum Gasteiger partial charge on any atom is 0.0702 e. The summed E-state index contributed by atoms with van der Waals surface area (Å²) in [4.78, 5) is 4.43. The summed E-state index contributed by atoms with van der Waals surface area (Å²) in [6.07, 6.45) is 1.82. The molecule has 0 aliphatic rings. The van der Waals surface area contributed by atoms with Crippen molar-refractivity contribution in [3.05, 3.63) is 59.8 Å². The minimum absolute atomic E-state index is 0.673. The number of hydrogen-bond acceptors (Lipinski definition) is 2. The zero-order valence-corrected chi connectivity index (χ0v) is 10.4. The molecule has 3 rings (SSSR count). The fourth-order valence-electron chi connectivity index (χ4n) is 2.00. The van der Waals surface area contributed by atoms with Crippen molar-refractivity contribution in [3.8, 4) is 11.1 Å². The lowest BCUT2D eigenvalue weighted by molar-refractivity contribution is 1.41. The molecule has 0 unspecified atom stereocenters. The molecule has 0 amide bonds. The Morgan fingerprint density at radius 2 is 1.83 bits per heavy atom. The maximum atomic E-state index is 6.01. The maximum absolute atomic E-state index is 6.01. The Kier molecular flexibility index (Phi) is 2.65. The number of rotatable bonds is 1. The largest absolute Gasteiger partial charge is 0.398 e. The fraction of sp³-hybridized carbons (Fsp3) is 0. The number of nitrogens with two attached hydrogens (primary N) is 1. The van der Waals surface area contributed by atoms with Gasteiger partial charge in [-0.3, -0.25) is 4.98 Å². The number of anilines is 1. The van der Waals surface area contributed by atoms with Crippen LogP contribution in [-0.4, -0.2) is 4.98 Å². The van der Waals surface area contributed by atoms with Gasteiger partial charge >= 0.3 is 0 Å². The normalized spacial score (nSPS) is 10.7. The van der Waals surface area contributed by atoms with E-state index in [1.165, 1.54) is 0 Å². The van der Waals surface area contributed by atoms with E-state index in [9.17, 15) is 0 Å². The molecular weight excluding hydrogens is 244 g/mol. The first-order valence-corrected chi connectivity index (χ1v) is 6.02. The Bertz CT molecular complexity index is 723. The summed E-state index contributed by atoms with van der Waals surface area (Å²) in [6, 6.07) is 15.5. The van der Waals surface area contributed by atoms with Crippen molar-refractivity contribution < 1.29 is 0 Å². The van der Waals surface area contributed by atoms with Gasteiger partial charge < -0.3 is 5.73 Å². The first-order chi connectivity index (χ1) is 8.74. The van der Waals surface area contributed by atoms with Crippen LogP contribution in [0.5, 0.6) is 0 Å². The van der Waals surface area contributed by atoms with Crippen molar-refractivity contribution in [1.82, 2.24) is 4.98 Å². The summed E-state index contributed by atoms with van der Waals surface area (Å²) in [5, 5.41) is 1.77. The zero-order valence-electron chi connectivity index (χ0n) is 9.60. The highest BCUT2D eigenvalue weighted by Gasteiger charge is 2.05. The number of aromatic nitrogens is 1. The van der Waals surface area contributed by atoms with Gasteiger partial charge in [-0.1, -0.05) is 29.8 Å². The van der Waals surface area contributed by atoms with Gasteiger partial charge in [0.05, 0.1) is 5.52 Å². The number of pyridine rings is 1. The second kappa shape index (κ2) is 4.31. The third-order valence-electron chi connectivity index (χ3n) is 2.92. The van der Waals surface area contributed by atoms with E-state index in [2.05, 4.69) is 11.1 Å². The van der Waals surface area contributed by atoms with E-state index >= 15 is 0 Å². The zero-order chi connectivity index (χ0) is 12.5. The Hall–Kier alpha value is -2.06. The van der Waals surface area contributed by atoms with Crippen molar-refractivity contribution in [3.63, 3.8) is 0 Å². The van der Waals surface area contributed by atoms with Crippen LogP contribution in [-0.2, 0) is 0 Å². The van der Waals surface area contributed by atoms with Crippen LogP contribution in [0.25, 0.3) is 22.0 Å². The predicted molar refractivity (Wildman–Crippen MR) is 76.6 cm³/mol. The smallest absolute Gasteiger partial charge is 0.0702 e. The number of benzene rings is 2. The quantitative estimate of drug-likeness (QED) is 0.663. The van der Waals surface area contributed by atoms with E-state index in [0.29, 0.717) is 10.7 Å². The molecule has 1 aromatic heterocycles. The van der Waals surface area contributed by atoms with Gasteiger partial charge in [-0.05, 0) is 30.3 Å². The Labute approximate surface area is 110 Å². The third-order valence-corrected chi connectivity index (χ3v) is 3.15. The van der Waals surface area contributed by atoms with E-state index in [0.717, 1.165) is 22.0 Å². The van der Waals surface area contributed by atoms with Crippen molar-refractivity contribution in [2.75, 3.05) is 5.73 Å². The summed E-state index contributed by atoms with van der Waals surface area (Å²) < 4.78 is 0. The van der Waals surface area contributed by atoms with E-state index < -0.39 is 0 Å². The van der Waals surface area contributed by atoms with Gasteiger partial charge in [0.15, 0.2) is 0 Å². The lowest BCUT2D eigenvalue weighted by Gasteiger charge is -2.07. The molecule has 0 radical (unpaired) electrons. The molecule has 0 spiro atoms. The van der Waals surface area contributed by atoms with E-state index in [4.69, 9.17) is 17.3 Å². The van der Waals surface area contributed by atoms with Gasteiger partial charge in [-0.2, -0.15) is 0 Å². The Balaban J connectivity index is 2.22. The molecule has 2 aromatic carbocycles. The molecule has 0 saturated carbocycles. The van der Waals surface area contributed by atoms with Gasteiger partial charge in [0.1, 0.15) is 0 Å². The van der Waals surface area contributed by atoms with Gasteiger partial charge in [-0.15, -0.1) is 0 Å². The van der Waals surface area contributed by atoms with Crippen LogP contribution in [0.2, 0.25) is 5.02 Å². The fourth-order valence-corrected chi connectivity index (χ4v) is 2.17. The molecule has 0 saturated heterocycles. The summed E-state index contributed by atoms with van der Waals surface area (Å²) in [7, 11) is 0. The molecule has 0 aliphatic heterocycles. The summed E-state index contributed by atoms with van der Waals surface area (Å²) in [6.45, 7) is 0. The molecule has 88 valence electrons. The highest BCUT2D eigenvalue weighted by Crippen LogP contribution is 2.29. The number of halogens is 1. The van der Waals surface area contributed by atoms with Crippen molar-refractivity contribution in [2.24, 2.45) is 0 Å². The van der Waals surface area contributed by atoms with Crippen LogP contribution in [0.3, 0.4) is 0 Å². The monoisotopic (exact) mass is 254 g/mol. The number of hydrogen-bond donors (Lipinski definition) is 1. The van der Waals surface area contributed by atoms with Crippen molar-refractivity contribution >= 4 is 28.2 Å².